The number of fused-ring (bicyclic) bond motifs is 1. The van der Waals surface area contributed by atoms with Crippen LogP contribution in [0.1, 0.15) is 24.5 Å². The molecular weight excluding hydrogens is 300 g/mol. The van der Waals surface area contributed by atoms with Crippen LogP contribution in [0.5, 0.6) is 0 Å². The van der Waals surface area contributed by atoms with E-state index in [1.54, 1.807) is 12.3 Å². The molecule has 3 heterocycles. The van der Waals surface area contributed by atoms with Gasteiger partial charge in [-0.15, -0.1) is 0 Å². The summed E-state index contributed by atoms with van der Waals surface area (Å²) < 4.78 is 3.25. The fraction of sp³-hybridized carbons (Fsp3) is 0.429. The largest absolute Gasteiger partial charge is 0.307 e. The summed E-state index contributed by atoms with van der Waals surface area (Å²) in [6.07, 6.45) is 4.50. The van der Waals surface area contributed by atoms with Crippen LogP contribution in [-0.4, -0.2) is 30.4 Å². The summed E-state index contributed by atoms with van der Waals surface area (Å²) in [5.41, 5.74) is 0.612. The van der Waals surface area contributed by atoms with E-state index in [4.69, 9.17) is 0 Å². The molecule has 0 aliphatic rings. The van der Waals surface area contributed by atoms with Crippen molar-refractivity contribution in [3.05, 3.63) is 45.6 Å². The molecule has 0 amide bonds. The van der Waals surface area contributed by atoms with Gasteiger partial charge in [-0.05, 0) is 19.4 Å². The maximum Gasteiger partial charge on any atom is 0.275 e. The fourth-order valence-electron chi connectivity index (χ4n) is 2.16. The SMILES string of the molecule is CCc1nn2c(=O)cc(CN[C@@H](C)Cn3cccn3)nc2s1. The highest BCUT2D eigenvalue weighted by Crippen LogP contribution is 2.11. The molecule has 7 nitrogen and oxygen atoms in total. The first-order chi connectivity index (χ1) is 10.7. The molecule has 0 spiro atoms. The molecule has 0 aliphatic carbocycles. The standard InChI is InChI=1S/C14H18N6OS/c1-3-12-18-20-13(21)7-11(17-14(20)22-12)8-15-10(2)9-19-6-4-5-16-19/h4-7,10,15H,3,8-9H2,1-2H3/t10-/m0/s1. The van der Waals surface area contributed by atoms with Crippen molar-refractivity contribution < 1.29 is 0 Å². The van der Waals surface area contributed by atoms with Crippen LogP contribution in [0.3, 0.4) is 0 Å². The van der Waals surface area contributed by atoms with Crippen LogP contribution in [0.25, 0.3) is 4.96 Å². The second kappa shape index (κ2) is 6.37. The zero-order valence-corrected chi connectivity index (χ0v) is 13.4. The van der Waals surface area contributed by atoms with Crippen molar-refractivity contribution in [1.82, 2.24) is 29.7 Å². The predicted octanol–water partition coefficient (Wildman–Crippen LogP) is 1.09. The summed E-state index contributed by atoms with van der Waals surface area (Å²) in [5, 5.41) is 12.7. The van der Waals surface area contributed by atoms with Crippen LogP contribution in [0.15, 0.2) is 29.3 Å². The molecule has 3 aromatic rings. The highest BCUT2D eigenvalue weighted by atomic mass is 32.1. The van der Waals surface area contributed by atoms with E-state index in [1.807, 2.05) is 23.9 Å². The first kappa shape index (κ1) is 14.9. The molecule has 116 valence electrons. The van der Waals surface area contributed by atoms with Gasteiger partial charge in [0.25, 0.3) is 5.56 Å². The maximum atomic E-state index is 12.1. The monoisotopic (exact) mass is 318 g/mol. The molecule has 0 aliphatic heterocycles. The van der Waals surface area contributed by atoms with Crippen molar-refractivity contribution in [3.8, 4) is 0 Å². The van der Waals surface area contributed by atoms with Gasteiger partial charge < -0.3 is 5.32 Å². The summed E-state index contributed by atoms with van der Waals surface area (Å²) >= 11 is 1.46. The summed E-state index contributed by atoms with van der Waals surface area (Å²) in [4.78, 5) is 17.2. The molecule has 1 N–H and O–H groups in total. The lowest BCUT2D eigenvalue weighted by molar-refractivity contribution is 0.448. The van der Waals surface area contributed by atoms with E-state index in [0.29, 0.717) is 11.5 Å². The Hall–Kier alpha value is -2.06. The third kappa shape index (κ3) is 3.23. The number of nitrogens with zero attached hydrogens (tertiary/aromatic N) is 5. The van der Waals surface area contributed by atoms with Crippen LogP contribution in [0.4, 0.5) is 0 Å². The van der Waals surface area contributed by atoms with Crippen molar-refractivity contribution >= 4 is 16.3 Å². The minimum Gasteiger partial charge on any atom is -0.307 e. The highest BCUT2D eigenvalue weighted by Gasteiger charge is 2.09. The number of aromatic nitrogens is 5. The van der Waals surface area contributed by atoms with Gasteiger partial charge in [0.1, 0.15) is 5.01 Å². The van der Waals surface area contributed by atoms with Gasteiger partial charge in [-0.3, -0.25) is 9.48 Å². The van der Waals surface area contributed by atoms with Gasteiger partial charge in [-0.2, -0.15) is 14.7 Å². The van der Waals surface area contributed by atoms with Crippen LogP contribution in [0.2, 0.25) is 0 Å². The summed E-state index contributed by atoms with van der Waals surface area (Å²) in [7, 11) is 0. The van der Waals surface area contributed by atoms with E-state index >= 15 is 0 Å². The lowest BCUT2D eigenvalue weighted by Crippen LogP contribution is -2.31. The van der Waals surface area contributed by atoms with Crippen molar-refractivity contribution in [3.63, 3.8) is 0 Å². The second-order valence-electron chi connectivity index (χ2n) is 5.14. The summed E-state index contributed by atoms with van der Waals surface area (Å²) in [6.45, 7) is 5.42. The minimum absolute atomic E-state index is 0.127. The summed E-state index contributed by atoms with van der Waals surface area (Å²) in [6, 6.07) is 3.67. The Labute approximate surface area is 131 Å². The minimum atomic E-state index is -0.127. The van der Waals surface area contributed by atoms with E-state index in [9.17, 15) is 4.79 Å². The molecule has 3 rings (SSSR count). The van der Waals surface area contributed by atoms with Gasteiger partial charge in [0.15, 0.2) is 0 Å². The van der Waals surface area contributed by atoms with E-state index in [-0.39, 0.29) is 11.6 Å². The highest BCUT2D eigenvalue weighted by molar-refractivity contribution is 7.16. The molecule has 0 unspecified atom stereocenters. The molecule has 22 heavy (non-hydrogen) atoms. The van der Waals surface area contributed by atoms with E-state index in [1.165, 1.54) is 15.9 Å². The summed E-state index contributed by atoms with van der Waals surface area (Å²) in [5.74, 6) is 0. The van der Waals surface area contributed by atoms with Crippen LogP contribution in [-0.2, 0) is 19.5 Å². The zero-order valence-electron chi connectivity index (χ0n) is 12.6. The first-order valence-electron chi connectivity index (χ1n) is 7.25. The number of nitrogens with one attached hydrogen (secondary N) is 1. The number of rotatable bonds is 6. The Morgan fingerprint density at radius 1 is 1.45 bits per heavy atom. The van der Waals surface area contributed by atoms with Crippen molar-refractivity contribution in [2.45, 2.75) is 39.4 Å². The molecule has 0 fully saturated rings. The van der Waals surface area contributed by atoms with E-state index in [2.05, 4.69) is 27.4 Å². The Bertz CT molecular complexity index is 806. The van der Waals surface area contributed by atoms with Crippen LogP contribution < -0.4 is 10.9 Å². The molecule has 0 radical (unpaired) electrons. The van der Waals surface area contributed by atoms with Crippen LogP contribution >= 0.6 is 11.3 Å². The molecule has 1 atom stereocenters. The van der Waals surface area contributed by atoms with E-state index < -0.39 is 0 Å². The van der Waals surface area contributed by atoms with Gasteiger partial charge in [-0.25, -0.2) is 4.98 Å². The smallest absolute Gasteiger partial charge is 0.275 e. The fourth-order valence-corrected chi connectivity index (χ4v) is 3.02. The third-order valence-electron chi connectivity index (χ3n) is 3.29. The van der Waals surface area contributed by atoms with Gasteiger partial charge in [0, 0.05) is 31.0 Å². The van der Waals surface area contributed by atoms with Crippen LogP contribution in [0, 0.1) is 0 Å². The van der Waals surface area contributed by atoms with Crippen molar-refractivity contribution in [1.29, 1.82) is 0 Å². The lowest BCUT2D eigenvalue weighted by atomic mass is 10.3. The molecule has 3 aromatic heterocycles. The van der Waals surface area contributed by atoms with Gasteiger partial charge in [-0.1, -0.05) is 18.3 Å². The molecule has 0 bridgehead atoms. The average Bonchev–Trinajstić information content (AvgIpc) is 3.14. The predicted molar refractivity (Wildman–Crippen MR) is 85.0 cm³/mol. The van der Waals surface area contributed by atoms with Gasteiger partial charge in [0.2, 0.25) is 4.96 Å². The Kier molecular flexibility index (Phi) is 4.30. The second-order valence-corrected chi connectivity index (χ2v) is 6.18. The Balaban J connectivity index is 1.69. The zero-order chi connectivity index (χ0) is 15.5. The maximum absolute atomic E-state index is 12.1. The number of hydrogen-bond acceptors (Lipinski definition) is 6. The lowest BCUT2D eigenvalue weighted by Gasteiger charge is -2.13. The van der Waals surface area contributed by atoms with Crippen molar-refractivity contribution in [2.75, 3.05) is 0 Å². The molecule has 0 aromatic carbocycles. The Morgan fingerprint density at radius 2 is 2.32 bits per heavy atom. The Morgan fingerprint density at radius 3 is 3.05 bits per heavy atom. The van der Waals surface area contributed by atoms with Gasteiger partial charge >= 0.3 is 0 Å². The van der Waals surface area contributed by atoms with E-state index in [0.717, 1.165) is 23.7 Å². The number of hydrogen-bond donors (Lipinski definition) is 1. The average molecular weight is 318 g/mol. The topological polar surface area (TPSA) is 77.1 Å². The molecule has 0 saturated carbocycles. The molecule has 8 heteroatoms. The normalized spacial score (nSPS) is 12.8. The molecular formula is C14H18N6OS. The number of aryl methyl sites for hydroxylation is 1. The quantitative estimate of drug-likeness (QED) is 0.736. The van der Waals surface area contributed by atoms with Gasteiger partial charge in [0.05, 0.1) is 12.2 Å². The molecule has 0 saturated heterocycles. The first-order valence-corrected chi connectivity index (χ1v) is 8.07. The van der Waals surface area contributed by atoms with Crippen molar-refractivity contribution in [2.24, 2.45) is 0 Å². The third-order valence-corrected chi connectivity index (χ3v) is 4.35.